The van der Waals surface area contributed by atoms with Gasteiger partial charge in [-0.3, -0.25) is 20.2 Å². The van der Waals surface area contributed by atoms with Crippen LogP contribution in [0.15, 0.2) is 82.6 Å². The Morgan fingerprint density at radius 3 is 1.40 bits per heavy atom. The van der Waals surface area contributed by atoms with E-state index in [1.807, 2.05) is 0 Å². The van der Waals surface area contributed by atoms with Gasteiger partial charge in [0.05, 0.1) is 30.8 Å². The molecule has 0 fully saturated rings. The van der Waals surface area contributed by atoms with Crippen molar-refractivity contribution in [1.82, 2.24) is 0 Å². The van der Waals surface area contributed by atoms with E-state index in [-0.39, 0.29) is 34.5 Å². The number of sulfone groups is 1. The van der Waals surface area contributed by atoms with Crippen LogP contribution in [0, 0.1) is 20.2 Å². The molecule has 0 N–H and O–H groups in total. The van der Waals surface area contributed by atoms with Crippen molar-refractivity contribution in [2.75, 3.05) is 13.6 Å². The van der Waals surface area contributed by atoms with Crippen LogP contribution in [0.4, 0.5) is 11.4 Å². The largest absolute Gasteiger partial charge is 0.454 e. The van der Waals surface area contributed by atoms with E-state index < -0.39 is 31.1 Å². The number of nitro benzene ring substituents is 2. The molecule has 0 radical (unpaired) electrons. The molecule has 0 unspecified atom stereocenters. The van der Waals surface area contributed by atoms with Gasteiger partial charge in [-0.25, -0.2) is 8.42 Å². The minimum Gasteiger partial charge on any atom is -0.454 e. The first kappa shape index (κ1) is 27.5. The lowest BCUT2D eigenvalue weighted by Crippen LogP contribution is -2.05. The number of ether oxygens (including phenoxy) is 4. The van der Waals surface area contributed by atoms with E-state index in [1.54, 1.807) is 48.6 Å². The van der Waals surface area contributed by atoms with E-state index in [0.717, 1.165) is 12.1 Å². The third kappa shape index (κ3) is 5.48. The predicted molar refractivity (Wildman–Crippen MR) is 155 cm³/mol. The van der Waals surface area contributed by atoms with Gasteiger partial charge in [0.15, 0.2) is 23.0 Å². The molecule has 0 atom stereocenters. The molecule has 0 saturated heterocycles. The minimum absolute atomic E-state index is 0.105. The van der Waals surface area contributed by atoms with E-state index in [2.05, 4.69) is 0 Å². The second-order valence-electron chi connectivity index (χ2n) is 9.35. The van der Waals surface area contributed by atoms with Gasteiger partial charge < -0.3 is 18.9 Å². The SMILES string of the molecule is O=[N+]([O-])c1cc(S(=O)(=O)c2ccc(C=Cc3ccc4c(c3)OCO4)c([N+](=O)[O-])c2)ccc1C=Cc1ccc2c(c1)OCO2. The van der Waals surface area contributed by atoms with Gasteiger partial charge >= 0.3 is 0 Å². The van der Waals surface area contributed by atoms with E-state index in [0.29, 0.717) is 34.1 Å². The lowest BCUT2D eigenvalue weighted by atomic mass is 10.1. The second kappa shape index (κ2) is 10.9. The highest BCUT2D eigenvalue weighted by molar-refractivity contribution is 7.91. The molecule has 216 valence electrons. The number of nitrogens with zero attached hydrogens (tertiary/aromatic N) is 2. The molecule has 2 aliphatic heterocycles. The van der Waals surface area contributed by atoms with Gasteiger partial charge in [0, 0.05) is 12.1 Å². The van der Waals surface area contributed by atoms with Gasteiger partial charge in [-0.15, -0.1) is 0 Å². The Bertz CT molecular complexity index is 1830. The van der Waals surface area contributed by atoms with Crippen molar-refractivity contribution >= 4 is 45.5 Å². The van der Waals surface area contributed by atoms with Crippen LogP contribution in [-0.2, 0) is 9.84 Å². The molecular weight excluding hydrogens is 580 g/mol. The Kier molecular flexibility index (Phi) is 7.00. The summed E-state index contributed by atoms with van der Waals surface area (Å²) in [6.07, 6.45) is 6.21. The molecule has 13 heteroatoms. The molecule has 0 aromatic heterocycles. The van der Waals surface area contributed by atoms with Crippen LogP contribution in [0.5, 0.6) is 23.0 Å². The summed E-state index contributed by atoms with van der Waals surface area (Å²) in [6.45, 7) is 0.210. The average molecular weight is 601 g/mol. The first-order valence-electron chi connectivity index (χ1n) is 12.7. The van der Waals surface area contributed by atoms with E-state index in [1.165, 1.54) is 36.4 Å². The Balaban J connectivity index is 1.29. The summed E-state index contributed by atoms with van der Waals surface area (Å²) in [7, 11) is -4.35. The summed E-state index contributed by atoms with van der Waals surface area (Å²) < 4.78 is 48.1. The van der Waals surface area contributed by atoms with Crippen molar-refractivity contribution in [3.05, 3.63) is 115 Å². The molecule has 4 aromatic carbocycles. The number of hydrogen-bond acceptors (Lipinski definition) is 10. The van der Waals surface area contributed by atoms with E-state index in [9.17, 15) is 28.6 Å². The van der Waals surface area contributed by atoms with Crippen molar-refractivity contribution in [3.63, 3.8) is 0 Å². The van der Waals surface area contributed by atoms with Gasteiger partial charge in [-0.2, -0.15) is 0 Å². The molecule has 0 bridgehead atoms. The zero-order chi connectivity index (χ0) is 30.1. The number of fused-ring (bicyclic) bond motifs is 2. The van der Waals surface area contributed by atoms with Gasteiger partial charge in [-0.05, 0) is 71.8 Å². The fourth-order valence-corrected chi connectivity index (χ4v) is 5.82. The third-order valence-electron chi connectivity index (χ3n) is 6.72. The average Bonchev–Trinajstić information content (AvgIpc) is 3.67. The minimum atomic E-state index is -4.35. The fourth-order valence-electron chi connectivity index (χ4n) is 4.52. The molecule has 4 aromatic rings. The summed E-state index contributed by atoms with van der Waals surface area (Å²) in [4.78, 5) is 21.6. The molecule has 12 nitrogen and oxygen atoms in total. The van der Waals surface area contributed by atoms with Crippen molar-refractivity contribution in [3.8, 4) is 23.0 Å². The Morgan fingerprint density at radius 1 is 0.558 bits per heavy atom. The molecule has 0 aliphatic carbocycles. The molecule has 2 heterocycles. The molecule has 0 saturated carbocycles. The van der Waals surface area contributed by atoms with E-state index in [4.69, 9.17) is 18.9 Å². The monoisotopic (exact) mass is 600 g/mol. The molecule has 0 spiro atoms. The molecule has 2 aliphatic rings. The van der Waals surface area contributed by atoms with Crippen molar-refractivity contribution in [2.24, 2.45) is 0 Å². The third-order valence-corrected chi connectivity index (χ3v) is 8.47. The molecular formula is C30H20N2O10S. The summed E-state index contributed by atoms with van der Waals surface area (Å²) in [5, 5.41) is 23.7. The maximum Gasteiger partial charge on any atom is 0.277 e. The fraction of sp³-hybridized carbons (Fsp3) is 0.0667. The van der Waals surface area contributed by atoms with Crippen LogP contribution in [0.1, 0.15) is 22.3 Å². The van der Waals surface area contributed by atoms with Crippen molar-refractivity contribution in [2.45, 2.75) is 9.79 Å². The highest BCUT2D eigenvalue weighted by atomic mass is 32.2. The highest BCUT2D eigenvalue weighted by Gasteiger charge is 2.25. The summed E-state index contributed by atoms with van der Waals surface area (Å²) >= 11 is 0. The first-order chi connectivity index (χ1) is 20.7. The maximum absolute atomic E-state index is 13.4. The smallest absolute Gasteiger partial charge is 0.277 e. The van der Waals surface area contributed by atoms with Crippen LogP contribution in [0.3, 0.4) is 0 Å². The zero-order valence-electron chi connectivity index (χ0n) is 22.0. The van der Waals surface area contributed by atoms with Crippen LogP contribution >= 0.6 is 0 Å². The number of hydrogen-bond donors (Lipinski definition) is 0. The number of benzene rings is 4. The first-order valence-corrected chi connectivity index (χ1v) is 14.1. The van der Waals surface area contributed by atoms with Gasteiger partial charge in [-0.1, -0.05) is 24.3 Å². The Morgan fingerprint density at radius 2 is 0.977 bits per heavy atom. The second-order valence-corrected chi connectivity index (χ2v) is 11.3. The number of rotatable bonds is 8. The van der Waals surface area contributed by atoms with Gasteiger partial charge in [0.2, 0.25) is 23.4 Å². The quantitative estimate of drug-likeness (QED) is 0.131. The predicted octanol–water partition coefficient (Wildman–Crippen LogP) is 6.13. The topological polar surface area (TPSA) is 157 Å². The standard InChI is InChI=1S/C30H20N2O10S/c33-31(34)25-15-23(9-7-21(25)5-1-19-3-11-27-29(13-19)41-17-39-27)43(37,38)24-10-8-22(26(16-24)32(35)36)6-2-20-4-12-28-30(14-20)42-18-40-28/h1-16H,17-18H2. The Labute approximate surface area is 244 Å². The lowest BCUT2D eigenvalue weighted by molar-refractivity contribution is -0.385. The number of nitro groups is 2. The van der Waals surface area contributed by atoms with Gasteiger partial charge in [0.25, 0.3) is 11.4 Å². The van der Waals surface area contributed by atoms with Gasteiger partial charge in [0.1, 0.15) is 0 Å². The highest BCUT2D eigenvalue weighted by Crippen LogP contribution is 2.36. The van der Waals surface area contributed by atoms with Crippen LogP contribution in [-0.4, -0.2) is 31.9 Å². The lowest BCUT2D eigenvalue weighted by Gasteiger charge is -2.07. The maximum atomic E-state index is 13.4. The summed E-state index contributed by atoms with van der Waals surface area (Å²) in [5.74, 6) is 2.27. The van der Waals surface area contributed by atoms with Crippen LogP contribution in [0.25, 0.3) is 24.3 Å². The Hall–Kier alpha value is -5.69. The molecule has 43 heavy (non-hydrogen) atoms. The van der Waals surface area contributed by atoms with E-state index >= 15 is 0 Å². The van der Waals surface area contributed by atoms with Crippen molar-refractivity contribution < 1.29 is 37.2 Å². The normalized spacial score (nSPS) is 13.6. The van der Waals surface area contributed by atoms with Crippen LogP contribution < -0.4 is 18.9 Å². The summed E-state index contributed by atoms with van der Waals surface area (Å²) in [6, 6.07) is 17.3. The molecule has 0 amide bonds. The van der Waals surface area contributed by atoms with Crippen LogP contribution in [0.2, 0.25) is 0 Å². The zero-order valence-corrected chi connectivity index (χ0v) is 22.9. The molecule has 6 rings (SSSR count). The van der Waals surface area contributed by atoms with Crippen molar-refractivity contribution in [1.29, 1.82) is 0 Å². The summed E-state index contributed by atoms with van der Waals surface area (Å²) in [5.41, 5.74) is 0.810.